The summed E-state index contributed by atoms with van der Waals surface area (Å²) in [6.07, 6.45) is 0. The zero-order valence-corrected chi connectivity index (χ0v) is 13.0. The van der Waals surface area contributed by atoms with Crippen molar-refractivity contribution in [3.63, 3.8) is 0 Å². The molecule has 3 nitrogen and oxygen atoms in total. The van der Waals surface area contributed by atoms with Gasteiger partial charge in [0.25, 0.3) is 5.91 Å². The lowest BCUT2D eigenvalue weighted by Gasteiger charge is -2.17. The number of halogens is 2. The van der Waals surface area contributed by atoms with Gasteiger partial charge in [0.05, 0.1) is 5.02 Å². The maximum absolute atomic E-state index is 11.6. The molecule has 0 heterocycles. The zero-order valence-electron chi connectivity index (χ0n) is 10.7. The van der Waals surface area contributed by atoms with E-state index in [9.17, 15) is 4.79 Å². The Labute approximate surface area is 121 Å². The first-order chi connectivity index (χ1) is 8.40. The fourth-order valence-corrected chi connectivity index (χ4v) is 1.71. The Hall–Kier alpha value is -0.740. The van der Waals surface area contributed by atoms with Crippen LogP contribution in [0.1, 0.15) is 20.8 Å². The minimum Gasteiger partial charge on any atom is -0.482 e. The molecule has 1 unspecified atom stereocenters. The van der Waals surface area contributed by atoms with E-state index >= 15 is 0 Å². The summed E-state index contributed by atoms with van der Waals surface area (Å²) in [7, 11) is 0. The molecule has 1 atom stereocenters. The highest BCUT2D eigenvalue weighted by Gasteiger charge is 2.12. The number of hydrogen-bond acceptors (Lipinski definition) is 2. The lowest BCUT2D eigenvalue weighted by Crippen LogP contribution is -2.38. The predicted octanol–water partition coefficient (Wildman–Crippen LogP) is 3.64. The van der Waals surface area contributed by atoms with E-state index in [1.165, 1.54) is 0 Å². The molecule has 0 aliphatic rings. The summed E-state index contributed by atoms with van der Waals surface area (Å²) in [5.74, 6) is 0.744. The van der Waals surface area contributed by atoms with Crippen LogP contribution in [0.4, 0.5) is 0 Å². The summed E-state index contributed by atoms with van der Waals surface area (Å²) >= 11 is 9.28. The third-order valence-corrected chi connectivity index (χ3v) is 3.45. The van der Waals surface area contributed by atoms with E-state index in [-0.39, 0.29) is 18.6 Å². The van der Waals surface area contributed by atoms with Gasteiger partial charge in [0.15, 0.2) is 6.61 Å². The molecule has 0 saturated carbocycles. The van der Waals surface area contributed by atoms with Crippen molar-refractivity contribution in [2.24, 2.45) is 5.92 Å². The maximum atomic E-state index is 11.6. The van der Waals surface area contributed by atoms with Crippen LogP contribution in [0.15, 0.2) is 22.7 Å². The first-order valence-electron chi connectivity index (χ1n) is 5.77. The van der Waals surface area contributed by atoms with Crippen LogP contribution >= 0.6 is 27.5 Å². The summed E-state index contributed by atoms with van der Waals surface area (Å²) in [6, 6.07) is 5.40. The molecular weight excluding hydrogens is 318 g/mol. The van der Waals surface area contributed by atoms with Crippen LogP contribution < -0.4 is 10.1 Å². The normalized spacial score (nSPS) is 12.3. The molecule has 1 amide bonds. The van der Waals surface area contributed by atoms with Crippen LogP contribution in [0.25, 0.3) is 0 Å². The Bertz CT molecular complexity index is 423. The van der Waals surface area contributed by atoms with Gasteiger partial charge in [-0.25, -0.2) is 0 Å². The van der Waals surface area contributed by atoms with Crippen LogP contribution in [-0.4, -0.2) is 18.6 Å². The van der Waals surface area contributed by atoms with Crippen molar-refractivity contribution in [3.05, 3.63) is 27.7 Å². The first-order valence-corrected chi connectivity index (χ1v) is 6.94. The minimum atomic E-state index is -0.146. The first kappa shape index (κ1) is 15.3. The molecule has 1 N–H and O–H groups in total. The van der Waals surface area contributed by atoms with Gasteiger partial charge in [-0.1, -0.05) is 41.4 Å². The second-order valence-electron chi connectivity index (χ2n) is 4.46. The van der Waals surface area contributed by atoms with E-state index < -0.39 is 0 Å². The molecule has 0 radical (unpaired) electrons. The molecule has 1 rings (SSSR count). The number of carbonyl (C=O) groups is 1. The SMILES string of the molecule is CC(C)C(C)NC(=O)COc1cc(Br)ccc1Cl. The van der Waals surface area contributed by atoms with Crippen molar-refractivity contribution in [2.45, 2.75) is 26.8 Å². The van der Waals surface area contributed by atoms with Gasteiger partial charge in [-0.3, -0.25) is 4.79 Å². The topological polar surface area (TPSA) is 38.3 Å². The number of rotatable bonds is 5. The number of hydrogen-bond donors (Lipinski definition) is 1. The molecule has 0 spiro atoms. The predicted molar refractivity (Wildman–Crippen MR) is 77.1 cm³/mol. The van der Waals surface area contributed by atoms with E-state index in [1.807, 2.05) is 13.0 Å². The summed E-state index contributed by atoms with van der Waals surface area (Å²) in [5, 5.41) is 3.35. The lowest BCUT2D eigenvalue weighted by molar-refractivity contribution is -0.123. The molecular formula is C13H17BrClNO2. The summed E-state index contributed by atoms with van der Waals surface area (Å²) in [6.45, 7) is 6.04. The molecule has 0 aliphatic carbocycles. The third kappa shape index (κ3) is 4.86. The maximum Gasteiger partial charge on any atom is 0.258 e. The quantitative estimate of drug-likeness (QED) is 0.893. The molecule has 0 aliphatic heterocycles. The van der Waals surface area contributed by atoms with E-state index in [0.29, 0.717) is 16.7 Å². The molecule has 1 aromatic rings. The van der Waals surface area contributed by atoms with Crippen LogP contribution in [-0.2, 0) is 4.79 Å². The fourth-order valence-electron chi connectivity index (χ4n) is 1.19. The number of ether oxygens (including phenoxy) is 1. The highest BCUT2D eigenvalue weighted by Crippen LogP contribution is 2.27. The van der Waals surface area contributed by atoms with Gasteiger partial charge >= 0.3 is 0 Å². The Kier molecular flexibility index (Phi) is 5.96. The van der Waals surface area contributed by atoms with Crippen molar-refractivity contribution in [1.29, 1.82) is 0 Å². The van der Waals surface area contributed by atoms with Crippen molar-refractivity contribution in [3.8, 4) is 5.75 Å². The van der Waals surface area contributed by atoms with E-state index in [4.69, 9.17) is 16.3 Å². The molecule has 0 bridgehead atoms. The summed E-state index contributed by atoms with van der Waals surface area (Å²) in [4.78, 5) is 11.6. The van der Waals surface area contributed by atoms with Gasteiger partial charge in [-0.05, 0) is 31.0 Å². The molecule has 0 aromatic heterocycles. The Morgan fingerprint density at radius 1 is 1.44 bits per heavy atom. The van der Waals surface area contributed by atoms with Crippen LogP contribution in [0.2, 0.25) is 5.02 Å². The van der Waals surface area contributed by atoms with Crippen molar-refractivity contribution >= 4 is 33.4 Å². The Morgan fingerprint density at radius 2 is 2.11 bits per heavy atom. The second kappa shape index (κ2) is 7.00. The zero-order chi connectivity index (χ0) is 13.7. The monoisotopic (exact) mass is 333 g/mol. The summed E-state index contributed by atoms with van der Waals surface area (Å²) < 4.78 is 6.25. The number of benzene rings is 1. The highest BCUT2D eigenvalue weighted by atomic mass is 79.9. The Balaban J connectivity index is 2.50. The van der Waals surface area contributed by atoms with Crippen molar-refractivity contribution in [2.75, 3.05) is 6.61 Å². The standard InChI is InChI=1S/C13H17BrClNO2/c1-8(2)9(3)16-13(17)7-18-12-6-10(14)4-5-11(12)15/h4-6,8-9H,7H2,1-3H3,(H,16,17). The highest BCUT2D eigenvalue weighted by molar-refractivity contribution is 9.10. The molecule has 0 saturated heterocycles. The Morgan fingerprint density at radius 3 is 2.72 bits per heavy atom. The van der Waals surface area contributed by atoms with Gasteiger partial charge in [0.1, 0.15) is 5.75 Å². The molecule has 18 heavy (non-hydrogen) atoms. The van der Waals surface area contributed by atoms with Gasteiger partial charge in [0, 0.05) is 10.5 Å². The van der Waals surface area contributed by atoms with E-state index in [2.05, 4.69) is 35.1 Å². The van der Waals surface area contributed by atoms with Gasteiger partial charge < -0.3 is 10.1 Å². The fraction of sp³-hybridized carbons (Fsp3) is 0.462. The summed E-state index contributed by atoms with van der Waals surface area (Å²) in [5.41, 5.74) is 0. The third-order valence-electron chi connectivity index (χ3n) is 2.64. The molecule has 0 fully saturated rings. The van der Waals surface area contributed by atoms with E-state index in [1.54, 1.807) is 12.1 Å². The average Bonchev–Trinajstić information content (AvgIpc) is 2.30. The number of amides is 1. The second-order valence-corrected chi connectivity index (χ2v) is 5.79. The van der Waals surface area contributed by atoms with Gasteiger partial charge in [-0.15, -0.1) is 0 Å². The van der Waals surface area contributed by atoms with Gasteiger partial charge in [0.2, 0.25) is 0 Å². The van der Waals surface area contributed by atoms with Gasteiger partial charge in [-0.2, -0.15) is 0 Å². The van der Waals surface area contributed by atoms with Crippen molar-refractivity contribution < 1.29 is 9.53 Å². The lowest BCUT2D eigenvalue weighted by atomic mass is 10.1. The average molecular weight is 335 g/mol. The largest absolute Gasteiger partial charge is 0.482 e. The minimum absolute atomic E-state index is 0.0345. The smallest absolute Gasteiger partial charge is 0.258 e. The number of nitrogens with one attached hydrogen (secondary N) is 1. The van der Waals surface area contributed by atoms with E-state index in [0.717, 1.165) is 4.47 Å². The molecule has 100 valence electrons. The van der Waals surface area contributed by atoms with Crippen LogP contribution in [0.5, 0.6) is 5.75 Å². The van der Waals surface area contributed by atoms with Crippen molar-refractivity contribution in [1.82, 2.24) is 5.32 Å². The van der Waals surface area contributed by atoms with Crippen LogP contribution in [0, 0.1) is 5.92 Å². The number of carbonyl (C=O) groups excluding carboxylic acids is 1. The van der Waals surface area contributed by atoms with Crippen LogP contribution in [0.3, 0.4) is 0 Å². The molecule has 5 heteroatoms. The molecule has 1 aromatic carbocycles.